The maximum absolute atomic E-state index is 4.41. The van der Waals surface area contributed by atoms with Crippen LogP contribution in [0, 0.1) is 3.57 Å². The molecule has 0 saturated carbocycles. The molecular weight excluding hydrogens is 327 g/mol. The van der Waals surface area contributed by atoms with Crippen LogP contribution in [0.25, 0.3) is 0 Å². The van der Waals surface area contributed by atoms with Crippen LogP contribution in [-0.2, 0) is 0 Å². The first-order chi connectivity index (χ1) is 8.24. The highest BCUT2D eigenvalue weighted by Gasteiger charge is 2.35. The molecule has 4 nitrogen and oxygen atoms in total. The van der Waals surface area contributed by atoms with Crippen LogP contribution >= 0.6 is 22.6 Å². The third-order valence-corrected chi connectivity index (χ3v) is 4.74. The van der Waals surface area contributed by atoms with Crippen molar-refractivity contribution in [3.05, 3.63) is 16.1 Å². The first-order valence-corrected chi connectivity index (χ1v) is 7.26. The lowest BCUT2D eigenvalue weighted by Crippen LogP contribution is -2.47. The van der Waals surface area contributed by atoms with E-state index in [0.717, 1.165) is 21.5 Å². The lowest BCUT2D eigenvalue weighted by molar-refractivity contribution is 0.353. The van der Waals surface area contributed by atoms with Crippen LogP contribution in [0.15, 0.2) is 12.5 Å². The second-order valence-electron chi connectivity index (χ2n) is 5.07. The quantitative estimate of drug-likeness (QED) is 0.831. The average Bonchev–Trinajstić information content (AvgIpc) is 2.68. The molecule has 5 heteroatoms. The summed E-state index contributed by atoms with van der Waals surface area (Å²) in [6, 6.07) is 2.07. The first kappa shape index (κ1) is 11.6. The molecule has 2 fully saturated rings. The van der Waals surface area contributed by atoms with Crippen molar-refractivity contribution in [3.63, 3.8) is 0 Å². The number of anilines is 1. The van der Waals surface area contributed by atoms with Crippen LogP contribution < -0.4 is 10.2 Å². The van der Waals surface area contributed by atoms with E-state index in [-0.39, 0.29) is 0 Å². The van der Waals surface area contributed by atoms with Crippen molar-refractivity contribution in [1.29, 1.82) is 0 Å². The van der Waals surface area contributed by atoms with Crippen molar-refractivity contribution in [1.82, 2.24) is 15.3 Å². The number of hydrogen-bond acceptors (Lipinski definition) is 4. The van der Waals surface area contributed by atoms with Gasteiger partial charge in [-0.3, -0.25) is 0 Å². The Morgan fingerprint density at radius 3 is 2.71 bits per heavy atom. The normalized spacial score (nSPS) is 31.5. The Morgan fingerprint density at radius 2 is 2.06 bits per heavy atom. The number of fused-ring (bicyclic) bond motifs is 2. The molecule has 92 valence electrons. The van der Waals surface area contributed by atoms with Gasteiger partial charge < -0.3 is 10.2 Å². The van der Waals surface area contributed by atoms with Crippen LogP contribution in [0.5, 0.6) is 0 Å². The van der Waals surface area contributed by atoms with E-state index < -0.39 is 0 Å². The standard InChI is InChI=1S/C12H17IN4/c1-17(12-11(13)6-14-7-15-12)10-4-8-2-3-9(5-10)16-8/h6-10,16H,2-5H2,1H3. The van der Waals surface area contributed by atoms with Crippen LogP contribution in [-0.4, -0.2) is 35.1 Å². The van der Waals surface area contributed by atoms with Gasteiger partial charge in [0, 0.05) is 31.4 Å². The summed E-state index contributed by atoms with van der Waals surface area (Å²) in [5.74, 6) is 1.08. The summed E-state index contributed by atoms with van der Waals surface area (Å²) in [6.07, 6.45) is 8.70. The van der Waals surface area contributed by atoms with E-state index in [1.54, 1.807) is 6.33 Å². The monoisotopic (exact) mass is 344 g/mol. The van der Waals surface area contributed by atoms with Gasteiger partial charge in [-0.05, 0) is 48.3 Å². The van der Waals surface area contributed by atoms with Gasteiger partial charge in [0.25, 0.3) is 0 Å². The number of rotatable bonds is 2. The van der Waals surface area contributed by atoms with E-state index in [1.807, 2.05) is 6.20 Å². The Morgan fingerprint density at radius 1 is 1.35 bits per heavy atom. The number of nitrogens with one attached hydrogen (secondary N) is 1. The number of halogens is 1. The van der Waals surface area contributed by atoms with Gasteiger partial charge in [-0.2, -0.15) is 0 Å². The van der Waals surface area contributed by atoms with Crippen LogP contribution in [0.1, 0.15) is 25.7 Å². The van der Waals surface area contributed by atoms with Gasteiger partial charge in [0.15, 0.2) is 0 Å². The topological polar surface area (TPSA) is 41.1 Å². The van der Waals surface area contributed by atoms with Gasteiger partial charge in [0.2, 0.25) is 0 Å². The molecule has 1 N–H and O–H groups in total. The minimum atomic E-state index is 0.622. The number of aromatic nitrogens is 2. The highest BCUT2D eigenvalue weighted by molar-refractivity contribution is 14.1. The Hall–Kier alpha value is -0.430. The van der Waals surface area contributed by atoms with Gasteiger partial charge in [-0.1, -0.05) is 0 Å². The fourth-order valence-electron chi connectivity index (χ4n) is 3.08. The van der Waals surface area contributed by atoms with Crippen molar-refractivity contribution in [2.45, 2.75) is 43.8 Å². The Kier molecular flexibility index (Phi) is 3.21. The smallest absolute Gasteiger partial charge is 0.145 e. The SMILES string of the molecule is CN(c1ncncc1I)C1CC2CCC(C1)N2. The summed E-state index contributed by atoms with van der Waals surface area (Å²) in [5.41, 5.74) is 0. The summed E-state index contributed by atoms with van der Waals surface area (Å²) >= 11 is 2.32. The molecule has 3 rings (SSSR count). The Labute approximate surface area is 115 Å². The fraction of sp³-hybridized carbons (Fsp3) is 0.667. The van der Waals surface area contributed by atoms with Crippen molar-refractivity contribution in [3.8, 4) is 0 Å². The molecule has 2 unspecified atom stereocenters. The maximum Gasteiger partial charge on any atom is 0.145 e. The van der Waals surface area contributed by atoms with Crippen molar-refractivity contribution < 1.29 is 0 Å². The van der Waals surface area contributed by atoms with E-state index in [2.05, 4.69) is 49.8 Å². The number of nitrogens with zero attached hydrogens (tertiary/aromatic N) is 3. The Balaban J connectivity index is 1.78. The van der Waals surface area contributed by atoms with E-state index in [0.29, 0.717) is 6.04 Å². The highest BCUT2D eigenvalue weighted by Crippen LogP contribution is 2.31. The van der Waals surface area contributed by atoms with Gasteiger partial charge in [0.1, 0.15) is 12.1 Å². The fourth-order valence-corrected chi connectivity index (χ4v) is 3.76. The van der Waals surface area contributed by atoms with Crippen LogP contribution in [0.2, 0.25) is 0 Å². The molecule has 1 aromatic heterocycles. The average molecular weight is 344 g/mol. The molecule has 0 radical (unpaired) electrons. The van der Waals surface area contributed by atoms with Gasteiger partial charge in [-0.25, -0.2) is 9.97 Å². The van der Waals surface area contributed by atoms with Crippen molar-refractivity contribution in [2.75, 3.05) is 11.9 Å². The molecule has 2 bridgehead atoms. The molecule has 17 heavy (non-hydrogen) atoms. The molecule has 2 aliphatic rings. The van der Waals surface area contributed by atoms with Crippen molar-refractivity contribution >= 4 is 28.4 Å². The summed E-state index contributed by atoms with van der Waals surface area (Å²) in [5, 5.41) is 3.68. The molecule has 3 heterocycles. The zero-order valence-corrected chi connectivity index (χ0v) is 12.1. The maximum atomic E-state index is 4.41. The summed E-state index contributed by atoms with van der Waals surface area (Å²) < 4.78 is 1.14. The molecule has 2 saturated heterocycles. The van der Waals surface area contributed by atoms with E-state index >= 15 is 0 Å². The molecule has 0 amide bonds. The van der Waals surface area contributed by atoms with Crippen LogP contribution in [0.3, 0.4) is 0 Å². The minimum absolute atomic E-state index is 0.622. The largest absolute Gasteiger partial charge is 0.356 e. The highest BCUT2D eigenvalue weighted by atomic mass is 127. The van der Waals surface area contributed by atoms with Crippen molar-refractivity contribution in [2.24, 2.45) is 0 Å². The van der Waals surface area contributed by atoms with E-state index in [9.17, 15) is 0 Å². The number of hydrogen-bond donors (Lipinski definition) is 1. The molecule has 2 aliphatic heterocycles. The number of piperidine rings is 1. The van der Waals surface area contributed by atoms with Gasteiger partial charge in [0.05, 0.1) is 3.57 Å². The first-order valence-electron chi connectivity index (χ1n) is 6.18. The third kappa shape index (κ3) is 2.27. The second-order valence-corrected chi connectivity index (χ2v) is 6.23. The molecule has 2 atom stereocenters. The summed E-state index contributed by atoms with van der Waals surface area (Å²) in [7, 11) is 2.17. The zero-order chi connectivity index (χ0) is 11.8. The van der Waals surface area contributed by atoms with E-state index in [1.165, 1.54) is 25.7 Å². The predicted molar refractivity (Wildman–Crippen MR) is 76.1 cm³/mol. The zero-order valence-electron chi connectivity index (χ0n) is 9.93. The van der Waals surface area contributed by atoms with Gasteiger partial charge in [-0.15, -0.1) is 0 Å². The lowest BCUT2D eigenvalue weighted by atomic mass is 9.98. The summed E-state index contributed by atoms with van der Waals surface area (Å²) in [4.78, 5) is 10.8. The molecule has 1 aromatic rings. The molecule has 0 spiro atoms. The molecule has 0 aliphatic carbocycles. The molecule has 0 aromatic carbocycles. The minimum Gasteiger partial charge on any atom is -0.356 e. The summed E-state index contributed by atoms with van der Waals surface area (Å²) in [6.45, 7) is 0. The Bertz CT molecular complexity index is 399. The van der Waals surface area contributed by atoms with E-state index in [4.69, 9.17) is 0 Å². The third-order valence-electron chi connectivity index (χ3n) is 3.98. The predicted octanol–water partition coefficient (Wildman–Crippen LogP) is 1.80. The molecular formula is C12H17IN4. The lowest BCUT2D eigenvalue weighted by Gasteiger charge is -2.36. The van der Waals surface area contributed by atoms with Gasteiger partial charge >= 0.3 is 0 Å². The second kappa shape index (κ2) is 4.68. The van der Waals surface area contributed by atoms with Crippen LogP contribution in [0.4, 0.5) is 5.82 Å².